The van der Waals surface area contributed by atoms with Gasteiger partial charge >= 0.3 is 0 Å². The summed E-state index contributed by atoms with van der Waals surface area (Å²) in [7, 11) is 1.58. The van der Waals surface area contributed by atoms with Gasteiger partial charge < -0.3 is 9.84 Å². The minimum atomic E-state index is 0.138. The lowest BCUT2D eigenvalue weighted by Gasteiger charge is -2.07. The molecule has 0 unspecified atom stereocenters. The minimum Gasteiger partial charge on any atom is -0.508 e. The molecule has 0 atom stereocenters. The molecule has 0 heterocycles. The first-order chi connectivity index (χ1) is 9.65. The number of hydrogen-bond acceptors (Lipinski definition) is 3. The van der Waals surface area contributed by atoms with Crippen LogP contribution in [0.5, 0.6) is 11.5 Å². The molecule has 0 radical (unpaired) electrons. The van der Waals surface area contributed by atoms with Crippen LogP contribution < -0.4 is 4.74 Å². The molecule has 0 amide bonds. The van der Waals surface area contributed by atoms with Gasteiger partial charge in [0, 0.05) is 5.57 Å². The highest BCUT2D eigenvalue weighted by molar-refractivity contribution is 6.55. The molecule has 3 nitrogen and oxygen atoms in total. The maximum atomic E-state index is 11.3. The van der Waals surface area contributed by atoms with E-state index in [9.17, 15) is 9.90 Å². The number of allylic oxidation sites excluding steroid dienone is 1. The Morgan fingerprint density at radius 2 is 1.60 bits per heavy atom. The maximum Gasteiger partial charge on any atom is 0.152 e. The van der Waals surface area contributed by atoms with Crippen LogP contribution in [-0.4, -0.2) is 18.5 Å². The summed E-state index contributed by atoms with van der Waals surface area (Å²) >= 11 is 6.29. The van der Waals surface area contributed by atoms with Crippen LogP contribution in [0.4, 0.5) is 0 Å². The monoisotopic (exact) mass is 288 g/mol. The lowest BCUT2D eigenvalue weighted by molar-refractivity contribution is -0.103. The van der Waals surface area contributed by atoms with Crippen molar-refractivity contribution in [3.05, 3.63) is 59.7 Å². The first-order valence-electron chi connectivity index (χ1n) is 5.94. The second-order valence-corrected chi connectivity index (χ2v) is 4.50. The number of rotatable bonds is 4. The van der Waals surface area contributed by atoms with Crippen molar-refractivity contribution in [2.45, 2.75) is 0 Å². The summed E-state index contributed by atoms with van der Waals surface area (Å²) in [6, 6.07) is 13.4. The first-order valence-corrected chi connectivity index (χ1v) is 6.32. The molecule has 0 aliphatic rings. The van der Waals surface area contributed by atoms with Crippen LogP contribution in [-0.2, 0) is 4.79 Å². The fraction of sp³-hybridized carbons (Fsp3) is 0.0625. The summed E-state index contributed by atoms with van der Waals surface area (Å²) in [6.45, 7) is 0. The summed E-state index contributed by atoms with van der Waals surface area (Å²) < 4.78 is 5.08. The molecule has 0 fully saturated rings. The molecule has 0 aliphatic heterocycles. The van der Waals surface area contributed by atoms with Crippen LogP contribution >= 0.6 is 11.6 Å². The molecule has 2 rings (SSSR count). The normalized spacial score (nSPS) is 11.7. The van der Waals surface area contributed by atoms with Crippen LogP contribution in [0.1, 0.15) is 11.1 Å². The van der Waals surface area contributed by atoms with Gasteiger partial charge in [0.05, 0.1) is 12.1 Å². The molecular formula is C16H13ClO3. The molecule has 4 heteroatoms. The van der Waals surface area contributed by atoms with E-state index >= 15 is 0 Å². The molecular weight excluding hydrogens is 276 g/mol. The van der Waals surface area contributed by atoms with Gasteiger partial charge in [0.25, 0.3) is 0 Å². The van der Waals surface area contributed by atoms with Crippen molar-refractivity contribution in [1.82, 2.24) is 0 Å². The van der Waals surface area contributed by atoms with Crippen molar-refractivity contribution in [2.24, 2.45) is 0 Å². The van der Waals surface area contributed by atoms with Crippen molar-refractivity contribution >= 4 is 28.5 Å². The van der Waals surface area contributed by atoms with Gasteiger partial charge in [0.1, 0.15) is 11.5 Å². The van der Waals surface area contributed by atoms with Gasteiger partial charge in [0.15, 0.2) is 6.29 Å². The Morgan fingerprint density at radius 1 is 1.05 bits per heavy atom. The van der Waals surface area contributed by atoms with Gasteiger partial charge in [0.2, 0.25) is 0 Å². The van der Waals surface area contributed by atoms with E-state index in [1.54, 1.807) is 43.5 Å². The summed E-state index contributed by atoms with van der Waals surface area (Å²) in [4.78, 5) is 11.3. The number of ether oxygens (including phenoxy) is 1. The third-order valence-electron chi connectivity index (χ3n) is 2.88. The number of phenols is 1. The van der Waals surface area contributed by atoms with Gasteiger partial charge in [-0.3, -0.25) is 4.79 Å². The largest absolute Gasteiger partial charge is 0.508 e. The van der Waals surface area contributed by atoms with Crippen molar-refractivity contribution in [2.75, 3.05) is 7.11 Å². The second kappa shape index (κ2) is 6.26. The van der Waals surface area contributed by atoms with Crippen LogP contribution in [0.3, 0.4) is 0 Å². The Kier molecular flexibility index (Phi) is 4.43. The summed E-state index contributed by atoms with van der Waals surface area (Å²) in [5.74, 6) is 0.857. The van der Waals surface area contributed by atoms with Gasteiger partial charge in [-0.15, -0.1) is 0 Å². The van der Waals surface area contributed by atoms with Crippen molar-refractivity contribution in [1.29, 1.82) is 0 Å². The fourth-order valence-corrected chi connectivity index (χ4v) is 2.06. The van der Waals surface area contributed by atoms with E-state index in [0.29, 0.717) is 22.5 Å². The van der Waals surface area contributed by atoms with E-state index in [-0.39, 0.29) is 5.75 Å². The Hall–Kier alpha value is -2.26. The zero-order chi connectivity index (χ0) is 14.5. The van der Waals surface area contributed by atoms with E-state index < -0.39 is 0 Å². The van der Waals surface area contributed by atoms with E-state index in [1.807, 2.05) is 0 Å². The number of hydrogen-bond donors (Lipinski definition) is 1. The lowest BCUT2D eigenvalue weighted by atomic mass is 10.0. The number of carbonyl (C=O) groups excluding carboxylic acids is 1. The van der Waals surface area contributed by atoms with Crippen molar-refractivity contribution in [3.8, 4) is 11.5 Å². The average molecular weight is 289 g/mol. The van der Waals surface area contributed by atoms with E-state index in [4.69, 9.17) is 16.3 Å². The predicted octanol–water partition coefficient (Wildman–Crippen LogP) is 3.71. The maximum absolute atomic E-state index is 11.3. The topological polar surface area (TPSA) is 46.5 Å². The number of phenolic OH excluding ortho intramolecular Hbond substituents is 1. The fourth-order valence-electron chi connectivity index (χ4n) is 1.78. The first kappa shape index (κ1) is 14.2. The number of methoxy groups -OCH3 is 1. The Morgan fingerprint density at radius 3 is 2.10 bits per heavy atom. The lowest BCUT2D eigenvalue weighted by Crippen LogP contribution is -1.90. The molecule has 0 saturated carbocycles. The highest BCUT2D eigenvalue weighted by atomic mass is 35.5. The highest BCUT2D eigenvalue weighted by Gasteiger charge is 2.09. The zero-order valence-corrected chi connectivity index (χ0v) is 11.6. The van der Waals surface area contributed by atoms with Crippen LogP contribution in [0, 0.1) is 0 Å². The van der Waals surface area contributed by atoms with Gasteiger partial charge in [-0.25, -0.2) is 0 Å². The molecule has 102 valence electrons. The summed E-state index contributed by atoms with van der Waals surface area (Å²) in [5.41, 5.74) is 1.75. The van der Waals surface area contributed by atoms with Gasteiger partial charge in [-0.05, 0) is 47.5 Å². The SMILES string of the molecule is COc1ccc(/C(Cl)=C(/C=O)c2ccc(O)cc2)cc1. The average Bonchev–Trinajstić information content (AvgIpc) is 2.50. The predicted molar refractivity (Wildman–Crippen MR) is 79.8 cm³/mol. The Labute approximate surface area is 122 Å². The minimum absolute atomic E-state index is 0.138. The molecule has 0 spiro atoms. The highest BCUT2D eigenvalue weighted by Crippen LogP contribution is 2.30. The molecule has 0 bridgehead atoms. The number of benzene rings is 2. The molecule has 20 heavy (non-hydrogen) atoms. The molecule has 0 saturated heterocycles. The van der Waals surface area contributed by atoms with E-state index in [1.165, 1.54) is 12.1 Å². The third kappa shape index (κ3) is 3.00. The van der Waals surface area contributed by atoms with Gasteiger partial charge in [-0.2, -0.15) is 0 Å². The molecule has 1 N–H and O–H groups in total. The molecule has 0 aromatic heterocycles. The molecule has 0 aliphatic carbocycles. The Bertz CT molecular complexity index is 628. The standard InChI is InChI=1S/C16H13ClO3/c1-20-14-8-4-12(5-9-14)16(17)15(10-18)11-2-6-13(19)7-3-11/h2-10,19H,1H3/b16-15+. The number of halogens is 1. The van der Waals surface area contributed by atoms with E-state index in [2.05, 4.69) is 0 Å². The second-order valence-electron chi connectivity index (χ2n) is 4.12. The Balaban J connectivity index is 2.45. The molecule has 2 aromatic carbocycles. The smallest absolute Gasteiger partial charge is 0.152 e. The summed E-state index contributed by atoms with van der Waals surface area (Å²) in [5, 5.41) is 9.63. The number of carbonyl (C=O) groups is 1. The number of aldehydes is 1. The zero-order valence-electron chi connectivity index (χ0n) is 10.8. The summed E-state index contributed by atoms with van der Waals surface area (Å²) in [6.07, 6.45) is 0.707. The van der Waals surface area contributed by atoms with Crippen molar-refractivity contribution < 1.29 is 14.6 Å². The third-order valence-corrected chi connectivity index (χ3v) is 3.30. The molecule has 2 aromatic rings. The quantitative estimate of drug-likeness (QED) is 0.530. The number of aromatic hydroxyl groups is 1. The van der Waals surface area contributed by atoms with E-state index in [0.717, 1.165) is 11.3 Å². The van der Waals surface area contributed by atoms with Gasteiger partial charge in [-0.1, -0.05) is 23.7 Å². The van der Waals surface area contributed by atoms with Crippen LogP contribution in [0.15, 0.2) is 48.5 Å². The van der Waals surface area contributed by atoms with Crippen LogP contribution in [0.25, 0.3) is 10.6 Å². The van der Waals surface area contributed by atoms with Crippen molar-refractivity contribution in [3.63, 3.8) is 0 Å². The van der Waals surface area contributed by atoms with Crippen LogP contribution in [0.2, 0.25) is 0 Å².